The van der Waals surface area contributed by atoms with E-state index in [1.54, 1.807) is 0 Å². The monoisotopic (exact) mass is 218 g/mol. The molecule has 0 aromatic heterocycles. The fourth-order valence-corrected chi connectivity index (χ4v) is 2.86. The van der Waals surface area contributed by atoms with Crippen molar-refractivity contribution in [2.75, 3.05) is 32.0 Å². The first kappa shape index (κ1) is 10.1. The lowest BCUT2D eigenvalue weighted by atomic mass is 10.1. The van der Waals surface area contributed by atoms with Crippen LogP contribution in [0, 0.1) is 0 Å². The van der Waals surface area contributed by atoms with Crippen LogP contribution in [0.3, 0.4) is 0 Å². The Labute approximate surface area is 96.2 Å². The van der Waals surface area contributed by atoms with Gasteiger partial charge in [0.25, 0.3) is 0 Å². The van der Waals surface area contributed by atoms with Gasteiger partial charge in [0.15, 0.2) is 0 Å². The van der Waals surface area contributed by atoms with E-state index in [1.807, 2.05) is 6.07 Å². The summed E-state index contributed by atoms with van der Waals surface area (Å²) in [6.45, 7) is 3.89. The van der Waals surface area contributed by atoms with E-state index >= 15 is 0 Å². The van der Waals surface area contributed by atoms with E-state index in [2.05, 4.69) is 17.0 Å². The summed E-state index contributed by atoms with van der Waals surface area (Å²) in [7, 11) is 0. The Bertz CT molecular complexity index is 386. The summed E-state index contributed by atoms with van der Waals surface area (Å²) in [5, 5.41) is 0. The van der Waals surface area contributed by atoms with Crippen molar-refractivity contribution in [3.05, 3.63) is 29.3 Å². The van der Waals surface area contributed by atoms with Gasteiger partial charge in [-0.3, -0.25) is 4.90 Å². The lowest BCUT2D eigenvalue weighted by molar-refractivity contribution is 0.0187. The maximum absolute atomic E-state index is 6.02. The standard InChI is InChI=1S/C13H18N2O/c14-13-3-1-2-10-8-11(9-12(10)13)15-4-6-16-7-5-15/h1-3,11H,4-9,14H2. The first-order valence-corrected chi connectivity index (χ1v) is 6.02. The van der Waals surface area contributed by atoms with Gasteiger partial charge in [-0.05, 0) is 30.0 Å². The van der Waals surface area contributed by atoms with Gasteiger partial charge < -0.3 is 10.5 Å². The number of hydrogen-bond donors (Lipinski definition) is 1. The highest BCUT2D eigenvalue weighted by Crippen LogP contribution is 2.29. The van der Waals surface area contributed by atoms with Gasteiger partial charge in [0.05, 0.1) is 13.2 Å². The molecule has 1 aliphatic carbocycles. The van der Waals surface area contributed by atoms with E-state index in [9.17, 15) is 0 Å². The topological polar surface area (TPSA) is 38.5 Å². The van der Waals surface area contributed by atoms with Crippen molar-refractivity contribution < 1.29 is 4.74 Å². The minimum Gasteiger partial charge on any atom is -0.398 e. The van der Waals surface area contributed by atoms with Crippen molar-refractivity contribution in [3.8, 4) is 0 Å². The summed E-state index contributed by atoms with van der Waals surface area (Å²) < 4.78 is 5.39. The zero-order chi connectivity index (χ0) is 11.0. The van der Waals surface area contributed by atoms with Gasteiger partial charge in [0.1, 0.15) is 0 Å². The summed E-state index contributed by atoms with van der Waals surface area (Å²) in [6.07, 6.45) is 2.27. The van der Waals surface area contributed by atoms with Gasteiger partial charge in [0, 0.05) is 24.8 Å². The van der Waals surface area contributed by atoms with Crippen molar-refractivity contribution in [1.82, 2.24) is 4.90 Å². The van der Waals surface area contributed by atoms with E-state index < -0.39 is 0 Å². The minimum absolute atomic E-state index is 0.642. The number of anilines is 1. The average molecular weight is 218 g/mol. The molecule has 1 unspecified atom stereocenters. The molecular weight excluding hydrogens is 200 g/mol. The third-order valence-electron chi connectivity index (χ3n) is 3.77. The highest BCUT2D eigenvalue weighted by Gasteiger charge is 2.28. The highest BCUT2D eigenvalue weighted by molar-refractivity contribution is 5.53. The van der Waals surface area contributed by atoms with E-state index in [1.165, 1.54) is 11.1 Å². The first-order valence-electron chi connectivity index (χ1n) is 6.02. The summed E-state index contributed by atoms with van der Waals surface area (Å²) >= 11 is 0. The largest absolute Gasteiger partial charge is 0.398 e. The summed E-state index contributed by atoms with van der Waals surface area (Å²) in [4.78, 5) is 2.54. The molecule has 0 bridgehead atoms. The van der Waals surface area contributed by atoms with Crippen LogP contribution in [-0.4, -0.2) is 37.2 Å². The molecule has 1 aromatic carbocycles. The van der Waals surface area contributed by atoms with Crippen LogP contribution in [0.2, 0.25) is 0 Å². The number of morpholine rings is 1. The number of ether oxygens (including phenoxy) is 1. The van der Waals surface area contributed by atoms with Gasteiger partial charge in [-0.15, -0.1) is 0 Å². The molecule has 1 aromatic rings. The molecule has 3 nitrogen and oxygen atoms in total. The average Bonchev–Trinajstić information content (AvgIpc) is 2.76. The normalized spacial score (nSPS) is 25.6. The highest BCUT2D eigenvalue weighted by atomic mass is 16.5. The van der Waals surface area contributed by atoms with Gasteiger partial charge in [-0.1, -0.05) is 12.1 Å². The zero-order valence-electron chi connectivity index (χ0n) is 9.48. The Morgan fingerprint density at radius 2 is 2.00 bits per heavy atom. The predicted molar refractivity (Wildman–Crippen MR) is 64.4 cm³/mol. The number of hydrogen-bond acceptors (Lipinski definition) is 3. The van der Waals surface area contributed by atoms with E-state index in [0.29, 0.717) is 6.04 Å². The van der Waals surface area contributed by atoms with Crippen molar-refractivity contribution in [2.45, 2.75) is 18.9 Å². The van der Waals surface area contributed by atoms with Crippen molar-refractivity contribution >= 4 is 5.69 Å². The van der Waals surface area contributed by atoms with Crippen LogP contribution in [0.1, 0.15) is 11.1 Å². The van der Waals surface area contributed by atoms with Gasteiger partial charge in [-0.25, -0.2) is 0 Å². The Kier molecular flexibility index (Phi) is 2.58. The second kappa shape index (κ2) is 4.07. The third-order valence-corrected chi connectivity index (χ3v) is 3.77. The summed E-state index contributed by atoms with van der Waals surface area (Å²) in [6, 6.07) is 6.94. The fourth-order valence-electron chi connectivity index (χ4n) is 2.86. The Morgan fingerprint density at radius 3 is 2.75 bits per heavy atom. The molecule has 0 radical (unpaired) electrons. The molecular formula is C13H18N2O. The summed E-state index contributed by atoms with van der Waals surface area (Å²) in [5.41, 5.74) is 9.80. The second-order valence-corrected chi connectivity index (χ2v) is 4.70. The maximum Gasteiger partial charge on any atom is 0.0594 e. The fraction of sp³-hybridized carbons (Fsp3) is 0.538. The number of nitrogen functional groups attached to an aromatic ring is 1. The zero-order valence-corrected chi connectivity index (χ0v) is 9.48. The molecule has 3 rings (SSSR count). The number of nitrogens with two attached hydrogens (primary N) is 1. The van der Waals surface area contributed by atoms with Crippen molar-refractivity contribution in [2.24, 2.45) is 0 Å². The molecule has 1 saturated heterocycles. The molecule has 0 amide bonds. The molecule has 0 saturated carbocycles. The molecule has 86 valence electrons. The molecule has 2 aliphatic rings. The smallest absolute Gasteiger partial charge is 0.0594 e. The van der Waals surface area contributed by atoms with Gasteiger partial charge >= 0.3 is 0 Å². The van der Waals surface area contributed by atoms with E-state index in [0.717, 1.165) is 44.8 Å². The number of rotatable bonds is 1. The number of benzene rings is 1. The second-order valence-electron chi connectivity index (χ2n) is 4.70. The molecule has 1 aliphatic heterocycles. The molecule has 1 fully saturated rings. The summed E-state index contributed by atoms with van der Waals surface area (Å²) in [5.74, 6) is 0. The Balaban J connectivity index is 1.77. The third kappa shape index (κ3) is 1.70. The van der Waals surface area contributed by atoms with Crippen LogP contribution in [0.15, 0.2) is 18.2 Å². The quantitative estimate of drug-likeness (QED) is 0.717. The molecule has 1 atom stereocenters. The van der Waals surface area contributed by atoms with Crippen molar-refractivity contribution in [3.63, 3.8) is 0 Å². The van der Waals surface area contributed by atoms with Crippen LogP contribution < -0.4 is 5.73 Å². The molecule has 0 spiro atoms. The Morgan fingerprint density at radius 1 is 1.19 bits per heavy atom. The number of fused-ring (bicyclic) bond motifs is 1. The van der Waals surface area contributed by atoms with E-state index in [4.69, 9.17) is 10.5 Å². The predicted octanol–water partition coefficient (Wildman–Crippen LogP) is 1.07. The van der Waals surface area contributed by atoms with Gasteiger partial charge in [-0.2, -0.15) is 0 Å². The lowest BCUT2D eigenvalue weighted by Crippen LogP contribution is -2.43. The first-order chi connectivity index (χ1) is 7.84. The molecule has 16 heavy (non-hydrogen) atoms. The van der Waals surface area contributed by atoms with Crippen LogP contribution in [0.4, 0.5) is 5.69 Å². The molecule has 1 heterocycles. The van der Waals surface area contributed by atoms with Crippen LogP contribution >= 0.6 is 0 Å². The molecule has 3 heteroatoms. The van der Waals surface area contributed by atoms with Crippen LogP contribution in [0.25, 0.3) is 0 Å². The van der Waals surface area contributed by atoms with Crippen molar-refractivity contribution in [1.29, 1.82) is 0 Å². The van der Waals surface area contributed by atoms with Gasteiger partial charge in [0.2, 0.25) is 0 Å². The van der Waals surface area contributed by atoms with E-state index in [-0.39, 0.29) is 0 Å². The SMILES string of the molecule is Nc1cccc2c1CC(N1CCOCC1)C2. The lowest BCUT2D eigenvalue weighted by Gasteiger charge is -2.32. The van der Waals surface area contributed by atoms with Crippen LogP contribution in [0.5, 0.6) is 0 Å². The molecule has 2 N–H and O–H groups in total. The minimum atomic E-state index is 0.642. The number of nitrogens with zero attached hydrogens (tertiary/aromatic N) is 1. The maximum atomic E-state index is 6.02. The van der Waals surface area contributed by atoms with Crippen LogP contribution in [-0.2, 0) is 17.6 Å². The Hall–Kier alpha value is -1.06.